The minimum atomic E-state index is -0.475. The van der Waals surface area contributed by atoms with Crippen LogP contribution in [-0.4, -0.2) is 40.3 Å². The number of nitrogens with zero attached hydrogens (tertiary/aromatic N) is 2. The Balaban J connectivity index is 1.69. The van der Waals surface area contributed by atoms with Crippen LogP contribution in [0.5, 0.6) is 5.75 Å². The molecular weight excluding hydrogens is 398 g/mol. The van der Waals surface area contributed by atoms with Crippen molar-refractivity contribution < 1.29 is 14.3 Å². The van der Waals surface area contributed by atoms with E-state index in [1.54, 1.807) is 17.0 Å². The molecule has 1 aliphatic heterocycles. The molecule has 1 saturated heterocycles. The number of carbonyl (C=O) groups excluding carboxylic acids is 2. The summed E-state index contributed by atoms with van der Waals surface area (Å²) >= 11 is 1.35. The summed E-state index contributed by atoms with van der Waals surface area (Å²) in [6.07, 6.45) is 0.0963. The molecule has 30 heavy (non-hydrogen) atoms. The van der Waals surface area contributed by atoms with Gasteiger partial charge in [0.05, 0.1) is 12.3 Å². The maximum absolute atomic E-state index is 12.8. The fourth-order valence-electron chi connectivity index (χ4n) is 3.14. The number of benzene rings is 2. The van der Waals surface area contributed by atoms with E-state index < -0.39 is 5.25 Å². The third-order valence-corrected chi connectivity index (χ3v) is 5.91. The predicted molar refractivity (Wildman–Crippen MR) is 123 cm³/mol. The minimum Gasteiger partial charge on any atom is -0.494 e. The Kier molecular flexibility index (Phi) is 7.15. The summed E-state index contributed by atoms with van der Waals surface area (Å²) in [4.78, 5) is 31.7. The van der Waals surface area contributed by atoms with Crippen molar-refractivity contribution in [2.24, 2.45) is 4.99 Å². The number of amides is 2. The highest BCUT2D eigenvalue weighted by atomic mass is 32.2. The Hall–Kier alpha value is -2.80. The second kappa shape index (κ2) is 9.80. The first kappa shape index (κ1) is 21.9. The number of hydrogen-bond donors (Lipinski definition) is 1. The van der Waals surface area contributed by atoms with Gasteiger partial charge >= 0.3 is 0 Å². The largest absolute Gasteiger partial charge is 0.494 e. The maximum Gasteiger partial charge on any atom is 0.242 e. The Bertz CT molecular complexity index is 957. The highest BCUT2D eigenvalue weighted by Gasteiger charge is 2.38. The number of thioether (sulfide) groups is 1. The van der Waals surface area contributed by atoms with Crippen LogP contribution >= 0.6 is 11.8 Å². The van der Waals surface area contributed by atoms with Crippen molar-refractivity contribution in [2.75, 3.05) is 18.5 Å². The lowest BCUT2D eigenvalue weighted by atomic mass is 10.1. The van der Waals surface area contributed by atoms with E-state index >= 15 is 0 Å². The van der Waals surface area contributed by atoms with Crippen LogP contribution < -0.4 is 10.1 Å². The van der Waals surface area contributed by atoms with Crippen LogP contribution in [0, 0.1) is 13.8 Å². The van der Waals surface area contributed by atoms with Crippen LogP contribution in [0.1, 0.15) is 31.4 Å². The van der Waals surface area contributed by atoms with Gasteiger partial charge in [0.2, 0.25) is 11.8 Å². The van der Waals surface area contributed by atoms with Crippen molar-refractivity contribution in [2.45, 2.75) is 39.4 Å². The summed E-state index contributed by atoms with van der Waals surface area (Å²) in [6.45, 7) is 8.96. The van der Waals surface area contributed by atoms with Gasteiger partial charge in [0.15, 0.2) is 5.17 Å². The summed E-state index contributed by atoms with van der Waals surface area (Å²) in [5.74, 6) is 0.477. The lowest BCUT2D eigenvalue weighted by Gasteiger charge is -2.14. The van der Waals surface area contributed by atoms with E-state index in [-0.39, 0.29) is 18.2 Å². The average molecular weight is 426 g/mol. The number of hydrogen-bond acceptors (Lipinski definition) is 5. The molecule has 1 heterocycles. The van der Waals surface area contributed by atoms with Crippen molar-refractivity contribution in [3.8, 4) is 5.75 Å². The number of rotatable bonds is 7. The molecule has 2 amide bonds. The molecule has 0 saturated carbocycles. The zero-order valence-corrected chi connectivity index (χ0v) is 18.6. The topological polar surface area (TPSA) is 71.0 Å². The number of nitrogens with one attached hydrogen (secondary N) is 1. The van der Waals surface area contributed by atoms with E-state index in [4.69, 9.17) is 9.73 Å². The van der Waals surface area contributed by atoms with Crippen molar-refractivity contribution in [1.82, 2.24) is 4.90 Å². The molecule has 1 N–H and O–H groups in total. The molecule has 0 bridgehead atoms. The normalized spacial score (nSPS) is 17.5. The molecule has 158 valence electrons. The van der Waals surface area contributed by atoms with E-state index in [1.807, 2.05) is 58.0 Å². The fourth-order valence-corrected chi connectivity index (χ4v) is 4.36. The standard InChI is InChI=1S/C23H27N3O3S/c1-5-26-22(28)20(30-23(26)25-19-13-15(3)7-8-16(19)4)14-21(27)24-17-9-11-18(12-10-17)29-6-2/h7-13,20H,5-6,14H2,1-4H3,(H,24,27). The number of amidine groups is 1. The van der Waals surface area contributed by atoms with E-state index in [9.17, 15) is 9.59 Å². The summed E-state index contributed by atoms with van der Waals surface area (Å²) in [7, 11) is 0. The van der Waals surface area contributed by atoms with Gasteiger partial charge in [0.1, 0.15) is 11.0 Å². The van der Waals surface area contributed by atoms with Gasteiger partial charge in [-0.2, -0.15) is 0 Å². The first-order chi connectivity index (χ1) is 14.4. The lowest BCUT2D eigenvalue weighted by molar-refractivity contribution is -0.128. The molecule has 7 heteroatoms. The van der Waals surface area contributed by atoms with Crippen molar-refractivity contribution >= 4 is 40.1 Å². The van der Waals surface area contributed by atoms with Gasteiger partial charge in [-0.25, -0.2) is 4.99 Å². The molecule has 0 aliphatic carbocycles. The van der Waals surface area contributed by atoms with Crippen LogP contribution in [0.2, 0.25) is 0 Å². The maximum atomic E-state index is 12.8. The first-order valence-corrected chi connectivity index (χ1v) is 11.0. The van der Waals surface area contributed by atoms with Gasteiger partial charge in [-0.1, -0.05) is 23.9 Å². The van der Waals surface area contributed by atoms with Crippen LogP contribution in [0.25, 0.3) is 0 Å². The zero-order valence-electron chi connectivity index (χ0n) is 17.8. The minimum absolute atomic E-state index is 0.0756. The number of carbonyl (C=O) groups is 2. The molecule has 0 spiro atoms. The lowest BCUT2D eigenvalue weighted by Crippen LogP contribution is -2.33. The zero-order chi connectivity index (χ0) is 21.7. The monoisotopic (exact) mass is 425 g/mol. The van der Waals surface area contributed by atoms with E-state index in [0.717, 1.165) is 22.6 Å². The summed E-state index contributed by atoms with van der Waals surface area (Å²) in [6, 6.07) is 13.3. The third kappa shape index (κ3) is 5.21. The highest BCUT2D eigenvalue weighted by Crippen LogP contribution is 2.32. The average Bonchev–Trinajstić information content (AvgIpc) is 3.00. The third-order valence-electron chi connectivity index (χ3n) is 4.74. The summed E-state index contributed by atoms with van der Waals surface area (Å²) in [5, 5.41) is 3.03. The first-order valence-electron chi connectivity index (χ1n) is 10.1. The van der Waals surface area contributed by atoms with Crippen LogP contribution in [0.3, 0.4) is 0 Å². The van der Waals surface area contributed by atoms with E-state index in [0.29, 0.717) is 24.0 Å². The van der Waals surface area contributed by atoms with Gasteiger partial charge in [-0.15, -0.1) is 0 Å². The predicted octanol–water partition coefficient (Wildman–Crippen LogP) is 4.68. The molecule has 1 atom stereocenters. The second-order valence-corrected chi connectivity index (χ2v) is 8.25. The molecule has 3 rings (SSSR count). The molecule has 6 nitrogen and oxygen atoms in total. The van der Waals surface area contributed by atoms with Gasteiger partial charge in [0.25, 0.3) is 0 Å². The summed E-state index contributed by atoms with van der Waals surface area (Å²) < 4.78 is 5.41. The molecular formula is C23H27N3O3S. The van der Waals surface area contributed by atoms with E-state index in [2.05, 4.69) is 5.32 Å². The Morgan fingerprint density at radius 1 is 1.17 bits per heavy atom. The van der Waals surface area contributed by atoms with Crippen molar-refractivity contribution in [3.63, 3.8) is 0 Å². The van der Waals surface area contributed by atoms with Gasteiger partial charge in [-0.3, -0.25) is 14.5 Å². The van der Waals surface area contributed by atoms with E-state index in [1.165, 1.54) is 11.8 Å². The van der Waals surface area contributed by atoms with Gasteiger partial charge in [0, 0.05) is 18.7 Å². The van der Waals surface area contributed by atoms with Gasteiger partial charge in [-0.05, 0) is 69.2 Å². The SMILES string of the molecule is CCOc1ccc(NC(=O)CC2SC(=Nc3cc(C)ccc3C)N(CC)C2=O)cc1. The smallest absolute Gasteiger partial charge is 0.242 e. The molecule has 2 aromatic carbocycles. The quantitative estimate of drug-likeness (QED) is 0.699. The van der Waals surface area contributed by atoms with Crippen LogP contribution in [0.4, 0.5) is 11.4 Å². The molecule has 2 aromatic rings. The number of anilines is 1. The Labute approximate surface area is 181 Å². The van der Waals surface area contributed by atoms with Crippen LogP contribution in [-0.2, 0) is 9.59 Å². The number of aliphatic imine (C=N–C) groups is 1. The molecule has 1 unspecified atom stereocenters. The summed E-state index contributed by atoms with van der Waals surface area (Å²) in [5.41, 5.74) is 3.69. The number of ether oxygens (including phenoxy) is 1. The Morgan fingerprint density at radius 3 is 2.57 bits per heavy atom. The molecule has 1 fully saturated rings. The van der Waals surface area contributed by atoms with Crippen LogP contribution in [0.15, 0.2) is 47.5 Å². The van der Waals surface area contributed by atoms with Crippen molar-refractivity contribution in [3.05, 3.63) is 53.6 Å². The van der Waals surface area contributed by atoms with Gasteiger partial charge < -0.3 is 10.1 Å². The highest BCUT2D eigenvalue weighted by molar-refractivity contribution is 8.15. The molecule has 0 aromatic heterocycles. The Morgan fingerprint density at radius 2 is 1.90 bits per heavy atom. The number of aryl methyl sites for hydroxylation is 2. The molecule has 0 radical (unpaired) electrons. The van der Waals surface area contributed by atoms with Crippen molar-refractivity contribution in [1.29, 1.82) is 0 Å². The molecule has 1 aliphatic rings. The fraction of sp³-hybridized carbons (Fsp3) is 0.348. The second-order valence-electron chi connectivity index (χ2n) is 7.08.